The molecule has 2 heteroatoms. The summed E-state index contributed by atoms with van der Waals surface area (Å²) in [6.07, 6.45) is 5.48. The van der Waals surface area contributed by atoms with E-state index in [0.29, 0.717) is 0 Å². The first-order valence-corrected chi connectivity index (χ1v) is 8.68. The van der Waals surface area contributed by atoms with E-state index >= 15 is 0 Å². The molecule has 2 fully saturated rings. The van der Waals surface area contributed by atoms with Crippen LogP contribution in [0.25, 0.3) is 0 Å². The average Bonchev–Trinajstić information content (AvgIpc) is 2.50. The molecular formula is C19H30N2. The van der Waals surface area contributed by atoms with E-state index in [2.05, 4.69) is 48.0 Å². The Hall–Kier alpha value is -0.860. The van der Waals surface area contributed by atoms with Gasteiger partial charge in [-0.15, -0.1) is 0 Å². The van der Waals surface area contributed by atoms with Crippen molar-refractivity contribution in [2.45, 2.75) is 38.5 Å². The van der Waals surface area contributed by atoms with Crippen LogP contribution in [0.4, 0.5) is 0 Å². The van der Waals surface area contributed by atoms with Crippen LogP contribution >= 0.6 is 0 Å². The number of hydrogen-bond acceptors (Lipinski definition) is 2. The summed E-state index contributed by atoms with van der Waals surface area (Å²) >= 11 is 0. The molecule has 2 aliphatic heterocycles. The van der Waals surface area contributed by atoms with Crippen LogP contribution in [-0.2, 0) is 0 Å². The SMILES string of the molecule is Cc1cccc(C2CCN(CC3CCN(C)CC3)CC2)c1. The molecule has 1 aromatic carbocycles. The number of rotatable bonds is 3. The zero-order chi connectivity index (χ0) is 14.7. The molecule has 0 saturated carbocycles. The fourth-order valence-corrected chi connectivity index (χ4v) is 3.98. The van der Waals surface area contributed by atoms with Crippen molar-refractivity contribution in [3.8, 4) is 0 Å². The normalized spacial score (nSPS) is 23.5. The second kappa shape index (κ2) is 6.93. The van der Waals surface area contributed by atoms with Gasteiger partial charge in [-0.2, -0.15) is 0 Å². The molecule has 3 rings (SSSR count). The van der Waals surface area contributed by atoms with E-state index < -0.39 is 0 Å². The lowest BCUT2D eigenvalue weighted by molar-refractivity contribution is 0.139. The van der Waals surface area contributed by atoms with Gasteiger partial charge in [-0.1, -0.05) is 29.8 Å². The lowest BCUT2D eigenvalue weighted by atomic mass is 9.88. The molecule has 2 heterocycles. The van der Waals surface area contributed by atoms with Crippen molar-refractivity contribution in [3.05, 3.63) is 35.4 Å². The Morgan fingerprint density at radius 1 is 1.00 bits per heavy atom. The maximum absolute atomic E-state index is 2.72. The third-order valence-electron chi connectivity index (χ3n) is 5.46. The summed E-state index contributed by atoms with van der Waals surface area (Å²) in [5.74, 6) is 1.73. The van der Waals surface area contributed by atoms with E-state index in [-0.39, 0.29) is 0 Å². The summed E-state index contributed by atoms with van der Waals surface area (Å²) < 4.78 is 0. The van der Waals surface area contributed by atoms with Gasteiger partial charge in [0, 0.05) is 6.54 Å². The Labute approximate surface area is 130 Å². The summed E-state index contributed by atoms with van der Waals surface area (Å²) in [5, 5.41) is 0. The van der Waals surface area contributed by atoms with Crippen LogP contribution in [0.3, 0.4) is 0 Å². The van der Waals surface area contributed by atoms with Gasteiger partial charge >= 0.3 is 0 Å². The van der Waals surface area contributed by atoms with E-state index in [1.165, 1.54) is 64.0 Å². The smallest absolute Gasteiger partial charge is 0.00106 e. The number of likely N-dealkylation sites (tertiary alicyclic amines) is 2. The van der Waals surface area contributed by atoms with Crippen molar-refractivity contribution in [2.24, 2.45) is 5.92 Å². The zero-order valence-corrected chi connectivity index (χ0v) is 13.7. The van der Waals surface area contributed by atoms with Crippen LogP contribution in [0.1, 0.15) is 42.7 Å². The lowest BCUT2D eigenvalue weighted by Crippen LogP contribution is -2.40. The van der Waals surface area contributed by atoms with Crippen LogP contribution < -0.4 is 0 Å². The van der Waals surface area contributed by atoms with Crippen molar-refractivity contribution >= 4 is 0 Å². The molecule has 116 valence electrons. The van der Waals surface area contributed by atoms with Gasteiger partial charge in [-0.05, 0) is 83.2 Å². The van der Waals surface area contributed by atoms with Gasteiger partial charge in [0.25, 0.3) is 0 Å². The zero-order valence-electron chi connectivity index (χ0n) is 13.7. The van der Waals surface area contributed by atoms with Crippen LogP contribution in [-0.4, -0.2) is 49.6 Å². The summed E-state index contributed by atoms with van der Waals surface area (Å²) in [7, 11) is 2.25. The van der Waals surface area contributed by atoms with Gasteiger partial charge in [0.1, 0.15) is 0 Å². The van der Waals surface area contributed by atoms with Crippen LogP contribution in [0.2, 0.25) is 0 Å². The van der Waals surface area contributed by atoms with Crippen LogP contribution in [0.15, 0.2) is 24.3 Å². The Morgan fingerprint density at radius 3 is 2.38 bits per heavy atom. The molecule has 2 aliphatic rings. The third kappa shape index (κ3) is 4.08. The number of aryl methyl sites for hydroxylation is 1. The van der Waals surface area contributed by atoms with Crippen molar-refractivity contribution in [1.29, 1.82) is 0 Å². The van der Waals surface area contributed by atoms with Crippen LogP contribution in [0.5, 0.6) is 0 Å². The average molecular weight is 286 g/mol. The molecule has 1 aromatic rings. The molecule has 0 aliphatic carbocycles. The van der Waals surface area contributed by atoms with E-state index in [9.17, 15) is 0 Å². The van der Waals surface area contributed by atoms with Gasteiger partial charge in [0.15, 0.2) is 0 Å². The van der Waals surface area contributed by atoms with E-state index in [1.54, 1.807) is 5.56 Å². The van der Waals surface area contributed by atoms with E-state index in [0.717, 1.165) is 11.8 Å². The molecule has 0 unspecified atom stereocenters. The van der Waals surface area contributed by atoms with Gasteiger partial charge in [0.2, 0.25) is 0 Å². The van der Waals surface area contributed by atoms with Crippen LogP contribution in [0, 0.1) is 12.8 Å². The standard InChI is InChI=1S/C19H30N2/c1-16-4-3-5-19(14-16)18-8-12-21(13-9-18)15-17-6-10-20(2)11-7-17/h3-5,14,17-18H,6-13,15H2,1-2H3. The molecule has 2 saturated heterocycles. The molecular weight excluding hydrogens is 256 g/mol. The minimum absolute atomic E-state index is 0.790. The van der Waals surface area contributed by atoms with Gasteiger partial charge < -0.3 is 9.80 Å². The topological polar surface area (TPSA) is 6.48 Å². The quantitative estimate of drug-likeness (QED) is 0.839. The third-order valence-corrected chi connectivity index (χ3v) is 5.46. The molecule has 0 amide bonds. The number of piperidine rings is 2. The Balaban J connectivity index is 1.47. The van der Waals surface area contributed by atoms with Crippen molar-refractivity contribution < 1.29 is 0 Å². The van der Waals surface area contributed by atoms with Gasteiger partial charge in [-0.3, -0.25) is 0 Å². The lowest BCUT2D eigenvalue weighted by Gasteiger charge is -2.37. The number of benzene rings is 1. The molecule has 0 bridgehead atoms. The number of nitrogens with zero attached hydrogens (tertiary/aromatic N) is 2. The highest BCUT2D eigenvalue weighted by atomic mass is 15.1. The summed E-state index contributed by atoms with van der Waals surface area (Å²) in [5.41, 5.74) is 2.97. The predicted molar refractivity (Wildman–Crippen MR) is 89.8 cm³/mol. The first-order chi connectivity index (χ1) is 10.2. The molecule has 21 heavy (non-hydrogen) atoms. The minimum atomic E-state index is 0.790. The fraction of sp³-hybridized carbons (Fsp3) is 0.684. The number of hydrogen-bond donors (Lipinski definition) is 0. The van der Waals surface area contributed by atoms with Crippen molar-refractivity contribution in [2.75, 3.05) is 39.8 Å². The maximum atomic E-state index is 2.72. The van der Waals surface area contributed by atoms with E-state index in [4.69, 9.17) is 0 Å². The first-order valence-electron chi connectivity index (χ1n) is 8.68. The largest absolute Gasteiger partial charge is 0.306 e. The Bertz CT molecular complexity index is 441. The minimum Gasteiger partial charge on any atom is -0.306 e. The van der Waals surface area contributed by atoms with Crippen molar-refractivity contribution in [3.63, 3.8) is 0 Å². The summed E-state index contributed by atoms with van der Waals surface area (Å²) in [4.78, 5) is 5.20. The highest BCUT2D eigenvalue weighted by Gasteiger charge is 2.24. The second-order valence-corrected chi connectivity index (χ2v) is 7.24. The summed E-state index contributed by atoms with van der Waals surface area (Å²) in [6, 6.07) is 9.13. The highest BCUT2D eigenvalue weighted by molar-refractivity contribution is 5.25. The molecule has 0 radical (unpaired) electrons. The first kappa shape index (κ1) is 15.1. The van der Waals surface area contributed by atoms with Crippen molar-refractivity contribution in [1.82, 2.24) is 9.80 Å². The Morgan fingerprint density at radius 2 is 1.71 bits per heavy atom. The molecule has 0 atom stereocenters. The molecule has 0 N–H and O–H groups in total. The molecule has 0 aromatic heterocycles. The van der Waals surface area contributed by atoms with E-state index in [1.807, 2.05) is 0 Å². The predicted octanol–water partition coefficient (Wildman–Crippen LogP) is 3.52. The van der Waals surface area contributed by atoms with Gasteiger partial charge in [-0.25, -0.2) is 0 Å². The molecule has 2 nitrogen and oxygen atoms in total. The second-order valence-electron chi connectivity index (χ2n) is 7.24. The highest BCUT2D eigenvalue weighted by Crippen LogP contribution is 2.29. The maximum Gasteiger partial charge on any atom is 0.00106 e. The van der Waals surface area contributed by atoms with Gasteiger partial charge in [0.05, 0.1) is 0 Å². The fourth-order valence-electron chi connectivity index (χ4n) is 3.98. The Kier molecular flexibility index (Phi) is 4.97. The summed E-state index contributed by atoms with van der Waals surface area (Å²) in [6.45, 7) is 8.73. The molecule has 0 spiro atoms. The monoisotopic (exact) mass is 286 g/mol.